The molecule has 11 heteroatoms. The monoisotopic (exact) mass is 483 g/mol. The minimum atomic E-state index is -0.261. The van der Waals surface area contributed by atoms with E-state index in [2.05, 4.69) is 20.5 Å². The van der Waals surface area contributed by atoms with Gasteiger partial charge in [-0.2, -0.15) is 0 Å². The van der Waals surface area contributed by atoms with Crippen molar-refractivity contribution in [2.75, 3.05) is 27.1 Å². The molecule has 1 atom stereocenters. The number of methoxy groups -OCH3 is 3. The molecule has 34 heavy (non-hydrogen) atoms. The van der Waals surface area contributed by atoms with Gasteiger partial charge in [-0.3, -0.25) is 4.79 Å². The van der Waals surface area contributed by atoms with E-state index in [4.69, 9.17) is 18.6 Å². The van der Waals surface area contributed by atoms with Crippen LogP contribution in [0.4, 0.5) is 0 Å². The highest BCUT2D eigenvalue weighted by molar-refractivity contribution is 7.99. The first kappa shape index (κ1) is 23.4. The molecule has 0 aliphatic carbocycles. The lowest BCUT2D eigenvalue weighted by Crippen LogP contribution is -2.29. The second kappa shape index (κ2) is 10.0. The molecule has 0 fully saturated rings. The molecular formula is C23H25N5O5S. The number of carbonyl (C=O) groups excluding carboxylic acids is 1. The number of hydrogen-bond acceptors (Lipinski definition) is 9. The van der Waals surface area contributed by atoms with Gasteiger partial charge in [-0.15, -0.1) is 10.2 Å². The Morgan fingerprint density at radius 2 is 1.82 bits per heavy atom. The van der Waals surface area contributed by atoms with Gasteiger partial charge in [-0.05, 0) is 31.2 Å². The van der Waals surface area contributed by atoms with Crippen LogP contribution in [0.25, 0.3) is 22.5 Å². The highest BCUT2D eigenvalue weighted by Crippen LogP contribution is 2.41. The molecule has 1 amide bonds. The van der Waals surface area contributed by atoms with Crippen LogP contribution in [0.1, 0.15) is 18.8 Å². The summed E-state index contributed by atoms with van der Waals surface area (Å²) < 4.78 is 23.8. The molecule has 0 saturated carbocycles. The van der Waals surface area contributed by atoms with Gasteiger partial charge in [0, 0.05) is 12.6 Å². The summed E-state index contributed by atoms with van der Waals surface area (Å²) in [6.07, 6.45) is 0. The Hall–Kier alpha value is -3.73. The summed E-state index contributed by atoms with van der Waals surface area (Å²) in [4.78, 5) is 17.2. The van der Waals surface area contributed by atoms with E-state index in [9.17, 15) is 4.79 Å². The number of carbonyl (C=O) groups is 1. The molecule has 10 nitrogen and oxygen atoms in total. The Morgan fingerprint density at radius 1 is 1.12 bits per heavy atom. The lowest BCUT2D eigenvalue weighted by Gasteiger charge is -2.13. The van der Waals surface area contributed by atoms with Gasteiger partial charge in [0.2, 0.25) is 17.5 Å². The normalized spacial score (nSPS) is 11.9. The van der Waals surface area contributed by atoms with E-state index in [-0.39, 0.29) is 28.8 Å². The van der Waals surface area contributed by atoms with Crippen LogP contribution in [-0.2, 0) is 11.8 Å². The second-order valence-electron chi connectivity index (χ2n) is 7.38. The van der Waals surface area contributed by atoms with Gasteiger partial charge >= 0.3 is 0 Å². The molecule has 0 spiro atoms. The predicted octanol–water partition coefficient (Wildman–Crippen LogP) is 3.62. The molecule has 0 radical (unpaired) electrons. The summed E-state index contributed by atoms with van der Waals surface area (Å²) in [5.41, 5.74) is 2.51. The standard InChI is InChI=1S/C23H25N5O5S/c1-13(21-25-15-8-6-7-9-16(15)28(21)2)24-19(29)12-34-23-27-26-22(33-23)14-10-17(30-3)20(32-5)18(11-14)31-4/h6-11,13H,12H2,1-5H3,(H,24,29)/t13-/m0/s1. The van der Waals surface area contributed by atoms with E-state index in [0.717, 1.165) is 28.6 Å². The third kappa shape index (κ3) is 4.65. The van der Waals surface area contributed by atoms with Gasteiger partial charge < -0.3 is 28.5 Å². The molecule has 178 valence electrons. The number of fused-ring (bicyclic) bond motifs is 1. The van der Waals surface area contributed by atoms with E-state index >= 15 is 0 Å². The van der Waals surface area contributed by atoms with Crippen LogP contribution in [0, 0.1) is 0 Å². The van der Waals surface area contributed by atoms with Crippen LogP contribution < -0.4 is 19.5 Å². The van der Waals surface area contributed by atoms with Crippen molar-refractivity contribution >= 4 is 28.7 Å². The zero-order valence-electron chi connectivity index (χ0n) is 19.5. The fourth-order valence-corrected chi connectivity index (χ4v) is 4.19. The molecule has 4 aromatic rings. The number of ether oxygens (including phenoxy) is 3. The summed E-state index contributed by atoms with van der Waals surface area (Å²) in [6, 6.07) is 11.0. The van der Waals surface area contributed by atoms with Crippen LogP contribution in [0.5, 0.6) is 17.2 Å². The zero-order chi connectivity index (χ0) is 24.2. The van der Waals surface area contributed by atoms with Crippen molar-refractivity contribution in [2.24, 2.45) is 7.05 Å². The summed E-state index contributed by atoms with van der Waals surface area (Å²) in [6.45, 7) is 1.90. The first-order chi connectivity index (χ1) is 16.4. The van der Waals surface area contributed by atoms with E-state index in [0.29, 0.717) is 22.8 Å². The molecule has 2 heterocycles. The lowest BCUT2D eigenvalue weighted by molar-refractivity contribution is -0.119. The van der Waals surface area contributed by atoms with Crippen LogP contribution in [0.3, 0.4) is 0 Å². The number of imidazole rings is 1. The maximum Gasteiger partial charge on any atom is 0.277 e. The zero-order valence-corrected chi connectivity index (χ0v) is 20.3. The molecule has 0 saturated heterocycles. The molecule has 2 aromatic heterocycles. The van der Waals surface area contributed by atoms with Crippen molar-refractivity contribution < 1.29 is 23.4 Å². The number of nitrogens with one attached hydrogen (secondary N) is 1. The maximum absolute atomic E-state index is 12.5. The van der Waals surface area contributed by atoms with Crippen molar-refractivity contribution in [3.63, 3.8) is 0 Å². The van der Waals surface area contributed by atoms with E-state index in [1.54, 1.807) is 12.1 Å². The fourth-order valence-electron chi connectivity index (χ4n) is 3.62. The van der Waals surface area contributed by atoms with E-state index < -0.39 is 0 Å². The predicted molar refractivity (Wildman–Crippen MR) is 127 cm³/mol. The number of aromatic nitrogens is 4. The SMILES string of the molecule is COc1cc(-c2nnc(SCC(=O)N[C@@H](C)c3nc4ccccc4n3C)o2)cc(OC)c1OC. The van der Waals surface area contributed by atoms with Crippen LogP contribution in [-0.4, -0.2) is 52.7 Å². The Balaban J connectivity index is 1.41. The smallest absolute Gasteiger partial charge is 0.277 e. The Morgan fingerprint density at radius 3 is 2.47 bits per heavy atom. The summed E-state index contributed by atoms with van der Waals surface area (Å²) >= 11 is 1.15. The van der Waals surface area contributed by atoms with Crippen molar-refractivity contribution in [2.45, 2.75) is 18.2 Å². The quantitative estimate of drug-likeness (QED) is 0.357. The third-order valence-electron chi connectivity index (χ3n) is 5.23. The number of thioether (sulfide) groups is 1. The number of benzene rings is 2. The van der Waals surface area contributed by atoms with Gasteiger partial charge in [-0.25, -0.2) is 4.98 Å². The largest absolute Gasteiger partial charge is 0.493 e. The van der Waals surface area contributed by atoms with Crippen molar-refractivity contribution in [3.05, 3.63) is 42.2 Å². The van der Waals surface area contributed by atoms with Crippen LogP contribution in [0.15, 0.2) is 46.0 Å². The second-order valence-corrected chi connectivity index (χ2v) is 8.31. The summed E-state index contributed by atoms with van der Waals surface area (Å²) in [5, 5.41) is 11.4. The lowest BCUT2D eigenvalue weighted by atomic mass is 10.2. The Bertz CT molecular complexity index is 1290. The highest BCUT2D eigenvalue weighted by Gasteiger charge is 2.20. The van der Waals surface area contributed by atoms with Crippen molar-refractivity contribution in [1.29, 1.82) is 0 Å². The van der Waals surface area contributed by atoms with E-state index in [1.165, 1.54) is 21.3 Å². The first-order valence-electron chi connectivity index (χ1n) is 10.4. The summed E-state index contributed by atoms with van der Waals surface area (Å²) in [5.74, 6) is 2.41. The molecule has 0 bridgehead atoms. The Labute approximate surface area is 200 Å². The van der Waals surface area contributed by atoms with E-state index in [1.807, 2.05) is 42.8 Å². The van der Waals surface area contributed by atoms with Gasteiger partial charge in [0.25, 0.3) is 5.22 Å². The number of para-hydroxylation sites is 2. The van der Waals surface area contributed by atoms with Gasteiger partial charge in [0.15, 0.2) is 11.5 Å². The molecule has 0 aliphatic rings. The maximum atomic E-state index is 12.5. The molecular weight excluding hydrogens is 458 g/mol. The number of rotatable bonds is 9. The van der Waals surface area contributed by atoms with Crippen molar-refractivity contribution in [1.82, 2.24) is 25.1 Å². The van der Waals surface area contributed by atoms with Crippen molar-refractivity contribution in [3.8, 4) is 28.7 Å². The minimum absolute atomic E-state index is 0.116. The number of hydrogen-bond donors (Lipinski definition) is 1. The third-order valence-corrected chi connectivity index (χ3v) is 6.05. The average molecular weight is 484 g/mol. The van der Waals surface area contributed by atoms with Gasteiger partial charge in [0.1, 0.15) is 5.82 Å². The molecule has 1 N–H and O–H groups in total. The van der Waals surface area contributed by atoms with Crippen LogP contribution in [0.2, 0.25) is 0 Å². The fraction of sp³-hybridized carbons (Fsp3) is 0.304. The topological polar surface area (TPSA) is 114 Å². The number of amides is 1. The minimum Gasteiger partial charge on any atom is -0.493 e. The molecule has 2 aromatic carbocycles. The van der Waals surface area contributed by atoms with Gasteiger partial charge in [0.05, 0.1) is 44.2 Å². The number of nitrogens with zero attached hydrogens (tertiary/aromatic N) is 4. The molecule has 0 aliphatic heterocycles. The number of aryl methyl sites for hydroxylation is 1. The molecule has 4 rings (SSSR count). The summed E-state index contributed by atoms with van der Waals surface area (Å²) in [7, 11) is 6.53. The highest BCUT2D eigenvalue weighted by atomic mass is 32.2. The van der Waals surface area contributed by atoms with Gasteiger partial charge in [-0.1, -0.05) is 23.9 Å². The Kier molecular flexibility index (Phi) is 6.92. The first-order valence-corrected chi connectivity index (χ1v) is 11.4. The molecule has 0 unspecified atom stereocenters. The average Bonchev–Trinajstić information content (AvgIpc) is 3.46. The van der Waals surface area contributed by atoms with Crippen LogP contribution >= 0.6 is 11.8 Å².